The molecular formula is C14H13NS. The Morgan fingerprint density at radius 3 is 2.69 bits per heavy atom. The van der Waals surface area contributed by atoms with E-state index >= 15 is 0 Å². The minimum atomic E-state index is 0.920. The molecule has 0 aliphatic carbocycles. The fraction of sp³-hybridized carbons (Fsp3) is 0.0714. The van der Waals surface area contributed by atoms with Crippen LogP contribution >= 0.6 is 11.8 Å². The highest BCUT2D eigenvalue weighted by molar-refractivity contribution is 7.99. The average Bonchev–Trinajstić information content (AvgIpc) is 2.38. The fourth-order valence-electron chi connectivity index (χ4n) is 1.47. The molecule has 0 spiro atoms. The second-order valence-electron chi connectivity index (χ2n) is 3.31. The van der Waals surface area contributed by atoms with Gasteiger partial charge in [-0.2, -0.15) is 0 Å². The number of aromatic nitrogens is 1. The van der Waals surface area contributed by atoms with Crippen LogP contribution in [0.15, 0.2) is 66.2 Å². The number of rotatable bonds is 4. The highest BCUT2D eigenvalue weighted by atomic mass is 32.2. The summed E-state index contributed by atoms with van der Waals surface area (Å²) in [6.45, 7) is 3.74. The summed E-state index contributed by atoms with van der Waals surface area (Å²) >= 11 is 1.78. The van der Waals surface area contributed by atoms with E-state index in [0.29, 0.717) is 0 Å². The lowest BCUT2D eigenvalue weighted by Crippen LogP contribution is -1.85. The van der Waals surface area contributed by atoms with Gasteiger partial charge in [0.1, 0.15) is 0 Å². The van der Waals surface area contributed by atoms with E-state index in [9.17, 15) is 0 Å². The van der Waals surface area contributed by atoms with Gasteiger partial charge in [-0.15, -0.1) is 18.3 Å². The van der Waals surface area contributed by atoms with Gasteiger partial charge in [0.25, 0.3) is 0 Å². The monoisotopic (exact) mass is 227 g/mol. The molecule has 0 aliphatic heterocycles. The van der Waals surface area contributed by atoms with Crippen molar-refractivity contribution in [2.75, 3.05) is 5.75 Å². The van der Waals surface area contributed by atoms with Crippen LogP contribution in [0.4, 0.5) is 0 Å². The van der Waals surface area contributed by atoms with Crippen LogP contribution in [0.5, 0.6) is 0 Å². The number of hydrogen-bond donors (Lipinski definition) is 0. The van der Waals surface area contributed by atoms with Gasteiger partial charge in [-0.25, -0.2) is 0 Å². The third-order valence-electron chi connectivity index (χ3n) is 2.18. The standard InChI is InChI=1S/C14H13NS/c1-2-11-16-14-9-4-3-7-12(14)13-8-5-6-10-15-13/h2-10H,1,11H2. The van der Waals surface area contributed by atoms with E-state index in [0.717, 1.165) is 11.4 Å². The topological polar surface area (TPSA) is 12.9 Å². The van der Waals surface area contributed by atoms with E-state index < -0.39 is 0 Å². The van der Waals surface area contributed by atoms with Crippen LogP contribution in [0.3, 0.4) is 0 Å². The summed E-state index contributed by atoms with van der Waals surface area (Å²) in [6, 6.07) is 14.3. The molecule has 0 atom stereocenters. The van der Waals surface area contributed by atoms with Crippen LogP contribution in [0.1, 0.15) is 0 Å². The third kappa shape index (κ3) is 2.52. The molecule has 2 aromatic rings. The molecule has 16 heavy (non-hydrogen) atoms. The van der Waals surface area contributed by atoms with Gasteiger partial charge in [0.2, 0.25) is 0 Å². The van der Waals surface area contributed by atoms with Crippen LogP contribution in [0.2, 0.25) is 0 Å². The maximum atomic E-state index is 4.38. The zero-order valence-electron chi connectivity index (χ0n) is 8.97. The first kappa shape index (κ1) is 11.0. The fourth-order valence-corrected chi connectivity index (χ4v) is 2.28. The Balaban J connectivity index is 2.36. The summed E-state index contributed by atoms with van der Waals surface area (Å²) in [6.07, 6.45) is 3.74. The van der Waals surface area contributed by atoms with Gasteiger partial charge in [-0.05, 0) is 18.2 Å². The van der Waals surface area contributed by atoms with E-state index in [1.165, 1.54) is 10.5 Å². The highest BCUT2D eigenvalue weighted by Crippen LogP contribution is 2.29. The molecule has 1 aromatic carbocycles. The van der Waals surface area contributed by atoms with E-state index in [4.69, 9.17) is 0 Å². The Hall–Kier alpha value is -1.54. The number of pyridine rings is 1. The predicted molar refractivity (Wildman–Crippen MR) is 70.6 cm³/mol. The lowest BCUT2D eigenvalue weighted by Gasteiger charge is -2.06. The minimum Gasteiger partial charge on any atom is -0.256 e. The van der Waals surface area contributed by atoms with Crippen LogP contribution in [0, 0.1) is 0 Å². The highest BCUT2D eigenvalue weighted by Gasteiger charge is 2.04. The van der Waals surface area contributed by atoms with Gasteiger partial charge in [0.15, 0.2) is 0 Å². The summed E-state index contributed by atoms with van der Waals surface area (Å²) in [5.74, 6) is 0.920. The van der Waals surface area contributed by atoms with Crippen molar-refractivity contribution in [2.45, 2.75) is 4.90 Å². The summed E-state index contributed by atoms with van der Waals surface area (Å²) < 4.78 is 0. The molecule has 80 valence electrons. The number of hydrogen-bond acceptors (Lipinski definition) is 2. The largest absolute Gasteiger partial charge is 0.256 e. The lowest BCUT2D eigenvalue weighted by atomic mass is 10.1. The molecule has 0 aliphatic rings. The molecule has 0 amide bonds. The van der Waals surface area contributed by atoms with E-state index in [2.05, 4.69) is 29.8 Å². The maximum absolute atomic E-state index is 4.38. The molecule has 0 saturated carbocycles. The van der Waals surface area contributed by atoms with Crippen molar-refractivity contribution in [3.05, 3.63) is 61.3 Å². The van der Waals surface area contributed by atoms with Gasteiger partial charge in [-0.3, -0.25) is 4.98 Å². The molecule has 0 bridgehead atoms. The first-order chi connectivity index (χ1) is 7.92. The molecule has 2 rings (SSSR count). The number of thioether (sulfide) groups is 1. The molecule has 2 heteroatoms. The Kier molecular flexibility index (Phi) is 3.78. The quantitative estimate of drug-likeness (QED) is 0.578. The predicted octanol–water partition coefficient (Wildman–Crippen LogP) is 4.03. The van der Waals surface area contributed by atoms with Crippen molar-refractivity contribution in [3.63, 3.8) is 0 Å². The molecule has 0 N–H and O–H groups in total. The Labute approximate surface area is 100 Å². The van der Waals surface area contributed by atoms with Crippen molar-refractivity contribution in [1.82, 2.24) is 4.98 Å². The number of benzene rings is 1. The Bertz CT molecular complexity index is 465. The first-order valence-corrected chi connectivity index (χ1v) is 6.14. The molecule has 0 saturated heterocycles. The van der Waals surface area contributed by atoms with Gasteiger partial charge < -0.3 is 0 Å². The normalized spacial score (nSPS) is 10.0. The first-order valence-electron chi connectivity index (χ1n) is 5.16. The molecule has 0 fully saturated rings. The molecule has 1 nitrogen and oxygen atoms in total. The lowest BCUT2D eigenvalue weighted by molar-refractivity contribution is 1.29. The van der Waals surface area contributed by atoms with E-state index in [1.54, 1.807) is 11.8 Å². The van der Waals surface area contributed by atoms with Crippen molar-refractivity contribution in [3.8, 4) is 11.3 Å². The SMILES string of the molecule is C=CCSc1ccccc1-c1ccccn1. The molecular weight excluding hydrogens is 214 g/mol. The van der Waals surface area contributed by atoms with E-state index in [1.807, 2.05) is 36.5 Å². The molecule has 1 aromatic heterocycles. The van der Waals surface area contributed by atoms with Gasteiger partial charge in [-0.1, -0.05) is 30.3 Å². The zero-order valence-corrected chi connectivity index (χ0v) is 9.78. The molecule has 0 radical (unpaired) electrons. The second kappa shape index (κ2) is 5.52. The van der Waals surface area contributed by atoms with Crippen molar-refractivity contribution in [1.29, 1.82) is 0 Å². The second-order valence-corrected chi connectivity index (χ2v) is 4.37. The summed E-state index contributed by atoms with van der Waals surface area (Å²) in [5.41, 5.74) is 2.21. The minimum absolute atomic E-state index is 0.920. The van der Waals surface area contributed by atoms with Crippen LogP contribution in [-0.4, -0.2) is 10.7 Å². The van der Waals surface area contributed by atoms with Crippen LogP contribution in [-0.2, 0) is 0 Å². The number of nitrogens with zero attached hydrogens (tertiary/aromatic N) is 1. The summed E-state index contributed by atoms with van der Waals surface area (Å²) in [4.78, 5) is 5.63. The van der Waals surface area contributed by atoms with Crippen LogP contribution in [0.25, 0.3) is 11.3 Å². The van der Waals surface area contributed by atoms with E-state index in [-0.39, 0.29) is 0 Å². The Morgan fingerprint density at radius 2 is 1.94 bits per heavy atom. The summed E-state index contributed by atoms with van der Waals surface area (Å²) in [5, 5.41) is 0. The third-order valence-corrected chi connectivity index (χ3v) is 3.25. The molecule has 0 unspecified atom stereocenters. The van der Waals surface area contributed by atoms with Gasteiger partial charge in [0, 0.05) is 22.4 Å². The zero-order chi connectivity index (χ0) is 11.2. The smallest absolute Gasteiger partial charge is 0.0713 e. The summed E-state index contributed by atoms with van der Waals surface area (Å²) in [7, 11) is 0. The van der Waals surface area contributed by atoms with Crippen molar-refractivity contribution >= 4 is 11.8 Å². The van der Waals surface area contributed by atoms with Crippen molar-refractivity contribution < 1.29 is 0 Å². The van der Waals surface area contributed by atoms with Gasteiger partial charge in [0.05, 0.1) is 5.69 Å². The Morgan fingerprint density at radius 1 is 1.12 bits per heavy atom. The van der Waals surface area contributed by atoms with Crippen molar-refractivity contribution in [2.24, 2.45) is 0 Å². The average molecular weight is 227 g/mol. The van der Waals surface area contributed by atoms with Gasteiger partial charge >= 0.3 is 0 Å². The molecule has 1 heterocycles. The van der Waals surface area contributed by atoms with Crippen LogP contribution < -0.4 is 0 Å². The maximum Gasteiger partial charge on any atom is 0.0713 e.